The zero-order valence-corrected chi connectivity index (χ0v) is 17.3. The van der Waals surface area contributed by atoms with Gasteiger partial charge in [0.1, 0.15) is 0 Å². The second kappa shape index (κ2) is 8.88. The molecule has 1 amide bonds. The fourth-order valence-electron chi connectivity index (χ4n) is 3.60. The Kier molecular flexibility index (Phi) is 6.52. The van der Waals surface area contributed by atoms with Gasteiger partial charge in [-0.25, -0.2) is 12.7 Å². The van der Waals surface area contributed by atoms with Gasteiger partial charge < -0.3 is 5.32 Å². The van der Waals surface area contributed by atoms with Gasteiger partial charge in [0.05, 0.1) is 11.8 Å². The molecule has 0 bridgehead atoms. The molecular weight excluding hydrogens is 372 g/mol. The largest absolute Gasteiger partial charge is 0.345 e. The molecule has 0 saturated carbocycles. The Hall–Kier alpha value is -2.18. The minimum absolute atomic E-state index is 0.0111. The summed E-state index contributed by atoms with van der Waals surface area (Å²) < 4.78 is 25.6. The minimum atomic E-state index is -3.18. The SMILES string of the molecule is CCS(=O)(=O)N1CCC(C(=O)N[C@@H](c2ccccc2)c2ccc(C)cc2)CC1. The van der Waals surface area contributed by atoms with Crippen LogP contribution in [0.3, 0.4) is 0 Å². The Labute approximate surface area is 167 Å². The fourth-order valence-corrected chi connectivity index (χ4v) is 4.73. The highest BCUT2D eigenvalue weighted by atomic mass is 32.2. The molecule has 28 heavy (non-hydrogen) atoms. The highest BCUT2D eigenvalue weighted by Gasteiger charge is 2.31. The van der Waals surface area contributed by atoms with E-state index in [1.54, 1.807) is 6.92 Å². The van der Waals surface area contributed by atoms with Gasteiger partial charge in [0, 0.05) is 19.0 Å². The molecular formula is C22H28N2O3S. The van der Waals surface area contributed by atoms with Crippen molar-refractivity contribution in [1.82, 2.24) is 9.62 Å². The topological polar surface area (TPSA) is 66.5 Å². The van der Waals surface area contributed by atoms with Gasteiger partial charge in [-0.2, -0.15) is 0 Å². The van der Waals surface area contributed by atoms with Gasteiger partial charge in [0.2, 0.25) is 15.9 Å². The molecule has 0 unspecified atom stereocenters. The normalized spacial score (nSPS) is 17.2. The molecule has 1 aliphatic rings. The van der Waals surface area contributed by atoms with Crippen LogP contribution >= 0.6 is 0 Å². The van der Waals surface area contributed by atoms with Crippen molar-refractivity contribution in [3.63, 3.8) is 0 Å². The Morgan fingerprint density at radius 1 is 1.04 bits per heavy atom. The van der Waals surface area contributed by atoms with Crippen LogP contribution in [0.2, 0.25) is 0 Å². The number of hydrogen-bond donors (Lipinski definition) is 1. The predicted molar refractivity (Wildman–Crippen MR) is 111 cm³/mol. The molecule has 1 atom stereocenters. The number of carbonyl (C=O) groups is 1. The number of aryl methyl sites for hydroxylation is 1. The molecule has 0 spiro atoms. The molecule has 2 aromatic rings. The van der Waals surface area contributed by atoms with Gasteiger partial charge in [-0.3, -0.25) is 4.79 Å². The molecule has 0 aromatic heterocycles. The number of sulfonamides is 1. The maximum atomic E-state index is 13.0. The average molecular weight is 401 g/mol. The van der Waals surface area contributed by atoms with Crippen LogP contribution < -0.4 is 5.32 Å². The molecule has 0 aliphatic carbocycles. The summed E-state index contributed by atoms with van der Waals surface area (Å²) in [7, 11) is -3.18. The molecule has 1 N–H and O–H groups in total. The van der Waals surface area contributed by atoms with Crippen molar-refractivity contribution in [2.24, 2.45) is 5.92 Å². The van der Waals surface area contributed by atoms with E-state index < -0.39 is 10.0 Å². The summed E-state index contributed by atoms with van der Waals surface area (Å²) in [6, 6.07) is 17.9. The van der Waals surface area contributed by atoms with Crippen molar-refractivity contribution in [2.75, 3.05) is 18.8 Å². The van der Waals surface area contributed by atoms with E-state index in [1.165, 1.54) is 9.87 Å². The van der Waals surface area contributed by atoms with Crippen molar-refractivity contribution in [2.45, 2.75) is 32.7 Å². The number of nitrogens with zero attached hydrogens (tertiary/aromatic N) is 1. The number of nitrogens with one attached hydrogen (secondary N) is 1. The summed E-state index contributed by atoms with van der Waals surface area (Å²) in [6.07, 6.45) is 1.11. The molecule has 6 heteroatoms. The second-order valence-corrected chi connectivity index (χ2v) is 9.59. The summed E-state index contributed by atoms with van der Waals surface area (Å²) in [5, 5.41) is 3.20. The first-order chi connectivity index (χ1) is 13.4. The quantitative estimate of drug-likeness (QED) is 0.809. The summed E-state index contributed by atoms with van der Waals surface area (Å²) in [5.41, 5.74) is 3.24. The molecule has 1 heterocycles. The average Bonchev–Trinajstić information content (AvgIpc) is 2.73. The lowest BCUT2D eigenvalue weighted by Gasteiger charge is -2.31. The Morgan fingerprint density at radius 2 is 1.61 bits per heavy atom. The third kappa shape index (κ3) is 4.80. The van der Waals surface area contributed by atoms with Gasteiger partial charge in [-0.05, 0) is 37.8 Å². The first-order valence-electron chi connectivity index (χ1n) is 9.80. The lowest BCUT2D eigenvalue weighted by Crippen LogP contribution is -2.44. The Bertz CT molecular complexity index is 887. The summed E-state index contributed by atoms with van der Waals surface area (Å²) >= 11 is 0. The monoisotopic (exact) mass is 400 g/mol. The standard InChI is InChI=1S/C22H28N2O3S/c1-3-28(26,27)24-15-13-20(14-16-24)22(25)23-21(18-7-5-4-6-8-18)19-11-9-17(2)10-12-19/h4-12,20-21H,3,13-16H2,1-2H3,(H,23,25)/t21-/m0/s1. The Balaban J connectivity index is 1.73. The van der Waals surface area contributed by atoms with Crippen molar-refractivity contribution in [3.8, 4) is 0 Å². The van der Waals surface area contributed by atoms with E-state index in [2.05, 4.69) is 5.32 Å². The molecule has 3 rings (SSSR count). The van der Waals surface area contributed by atoms with E-state index in [0.717, 1.165) is 11.1 Å². The fraction of sp³-hybridized carbons (Fsp3) is 0.409. The summed E-state index contributed by atoms with van der Waals surface area (Å²) in [6.45, 7) is 4.52. The zero-order valence-electron chi connectivity index (χ0n) is 16.5. The van der Waals surface area contributed by atoms with Crippen molar-refractivity contribution >= 4 is 15.9 Å². The van der Waals surface area contributed by atoms with Crippen LogP contribution in [0, 0.1) is 12.8 Å². The second-order valence-electron chi connectivity index (χ2n) is 7.34. The first kappa shape index (κ1) is 20.6. The van der Waals surface area contributed by atoms with Crippen LogP contribution in [0.4, 0.5) is 0 Å². The van der Waals surface area contributed by atoms with E-state index in [0.29, 0.717) is 25.9 Å². The summed E-state index contributed by atoms with van der Waals surface area (Å²) in [5.74, 6) is -0.0733. The molecule has 2 aromatic carbocycles. The smallest absolute Gasteiger partial charge is 0.223 e. The van der Waals surface area contributed by atoms with Gasteiger partial charge in [-0.1, -0.05) is 60.2 Å². The molecule has 0 radical (unpaired) electrons. The van der Waals surface area contributed by atoms with Crippen molar-refractivity contribution < 1.29 is 13.2 Å². The van der Waals surface area contributed by atoms with Gasteiger partial charge in [-0.15, -0.1) is 0 Å². The zero-order chi connectivity index (χ0) is 20.1. The lowest BCUT2D eigenvalue weighted by atomic mass is 9.94. The highest BCUT2D eigenvalue weighted by molar-refractivity contribution is 7.89. The van der Waals surface area contributed by atoms with Crippen LogP contribution in [-0.2, 0) is 14.8 Å². The highest BCUT2D eigenvalue weighted by Crippen LogP contribution is 2.25. The molecule has 1 aliphatic heterocycles. The van der Waals surface area contributed by atoms with Crippen LogP contribution in [0.15, 0.2) is 54.6 Å². The number of piperidine rings is 1. The molecule has 5 nitrogen and oxygen atoms in total. The number of amides is 1. The molecule has 1 fully saturated rings. The number of benzene rings is 2. The maximum absolute atomic E-state index is 13.0. The van der Waals surface area contributed by atoms with Gasteiger partial charge in [0.25, 0.3) is 0 Å². The third-order valence-corrected chi connectivity index (χ3v) is 7.29. The summed E-state index contributed by atoms with van der Waals surface area (Å²) in [4.78, 5) is 13.0. The van der Waals surface area contributed by atoms with Crippen LogP contribution in [0.1, 0.15) is 42.5 Å². The van der Waals surface area contributed by atoms with Crippen LogP contribution in [-0.4, -0.2) is 37.5 Å². The van der Waals surface area contributed by atoms with E-state index in [-0.39, 0.29) is 23.6 Å². The Morgan fingerprint density at radius 3 is 2.18 bits per heavy atom. The van der Waals surface area contributed by atoms with Crippen LogP contribution in [0.5, 0.6) is 0 Å². The van der Waals surface area contributed by atoms with E-state index in [9.17, 15) is 13.2 Å². The molecule has 150 valence electrons. The van der Waals surface area contributed by atoms with Crippen molar-refractivity contribution in [1.29, 1.82) is 0 Å². The minimum Gasteiger partial charge on any atom is -0.345 e. The van der Waals surface area contributed by atoms with Crippen molar-refractivity contribution in [3.05, 3.63) is 71.3 Å². The predicted octanol–water partition coefficient (Wildman–Crippen LogP) is 3.26. The maximum Gasteiger partial charge on any atom is 0.223 e. The van der Waals surface area contributed by atoms with E-state index in [4.69, 9.17) is 0 Å². The van der Waals surface area contributed by atoms with E-state index in [1.807, 2.05) is 61.5 Å². The third-order valence-electron chi connectivity index (χ3n) is 5.41. The van der Waals surface area contributed by atoms with Gasteiger partial charge in [0.15, 0.2) is 0 Å². The van der Waals surface area contributed by atoms with Crippen LogP contribution in [0.25, 0.3) is 0 Å². The lowest BCUT2D eigenvalue weighted by molar-refractivity contribution is -0.126. The van der Waals surface area contributed by atoms with Gasteiger partial charge >= 0.3 is 0 Å². The number of rotatable bonds is 6. The molecule has 1 saturated heterocycles. The number of carbonyl (C=O) groups excluding carboxylic acids is 1. The number of hydrogen-bond acceptors (Lipinski definition) is 3. The van der Waals surface area contributed by atoms with E-state index >= 15 is 0 Å². The first-order valence-corrected chi connectivity index (χ1v) is 11.4.